The van der Waals surface area contributed by atoms with Crippen molar-refractivity contribution >= 4 is 23.2 Å². The van der Waals surface area contributed by atoms with E-state index in [9.17, 15) is 5.11 Å². The molecular formula is C8H16Cl2O. The fourth-order valence-electron chi connectivity index (χ4n) is 0.879. The molecule has 0 aliphatic heterocycles. The van der Waals surface area contributed by atoms with Crippen LogP contribution in [0.2, 0.25) is 0 Å². The van der Waals surface area contributed by atoms with E-state index in [2.05, 4.69) is 6.92 Å². The van der Waals surface area contributed by atoms with Crippen LogP contribution in [0.5, 0.6) is 0 Å². The third-order valence-corrected chi connectivity index (χ3v) is 2.73. The molecule has 0 bridgehead atoms. The number of hydrogen-bond donors (Lipinski definition) is 1. The first-order valence-electron chi connectivity index (χ1n) is 4.05. The summed E-state index contributed by atoms with van der Waals surface area (Å²) in [7, 11) is 0. The van der Waals surface area contributed by atoms with Gasteiger partial charge < -0.3 is 5.11 Å². The predicted molar refractivity (Wildman–Crippen MR) is 50.5 cm³/mol. The minimum Gasteiger partial charge on any atom is -0.392 e. The minimum absolute atomic E-state index is 0.163. The average molecular weight is 199 g/mol. The van der Waals surface area contributed by atoms with E-state index < -0.39 is 6.10 Å². The van der Waals surface area contributed by atoms with Crippen molar-refractivity contribution in [1.29, 1.82) is 0 Å². The smallest absolute Gasteiger partial charge is 0.0755 e. The van der Waals surface area contributed by atoms with E-state index in [1.807, 2.05) is 0 Å². The second kappa shape index (κ2) is 6.10. The third kappa shape index (κ3) is 4.89. The van der Waals surface area contributed by atoms with Crippen molar-refractivity contribution in [2.45, 2.75) is 50.0 Å². The van der Waals surface area contributed by atoms with E-state index >= 15 is 0 Å². The Hall–Kier alpha value is 0.540. The van der Waals surface area contributed by atoms with Crippen molar-refractivity contribution < 1.29 is 5.11 Å². The topological polar surface area (TPSA) is 20.2 Å². The lowest BCUT2D eigenvalue weighted by Crippen LogP contribution is -2.27. The van der Waals surface area contributed by atoms with Gasteiger partial charge in [0, 0.05) is 5.38 Å². The van der Waals surface area contributed by atoms with Crippen molar-refractivity contribution in [3.63, 3.8) is 0 Å². The molecule has 0 aliphatic rings. The number of hydrogen-bond acceptors (Lipinski definition) is 1. The highest BCUT2D eigenvalue weighted by Crippen LogP contribution is 2.17. The van der Waals surface area contributed by atoms with E-state index in [1.54, 1.807) is 6.92 Å². The molecule has 68 valence electrons. The summed E-state index contributed by atoms with van der Waals surface area (Å²) >= 11 is 11.5. The Morgan fingerprint density at radius 1 is 1.36 bits per heavy atom. The lowest BCUT2D eigenvalue weighted by Gasteiger charge is -2.18. The molecule has 0 aromatic heterocycles. The van der Waals surface area contributed by atoms with Crippen LogP contribution < -0.4 is 0 Å². The van der Waals surface area contributed by atoms with Crippen molar-refractivity contribution in [1.82, 2.24) is 0 Å². The second-order valence-corrected chi connectivity index (χ2v) is 4.02. The monoisotopic (exact) mass is 198 g/mol. The molecule has 0 spiro atoms. The maximum atomic E-state index is 9.40. The summed E-state index contributed by atoms with van der Waals surface area (Å²) in [6, 6.07) is 0. The first-order valence-corrected chi connectivity index (χ1v) is 4.93. The fourth-order valence-corrected chi connectivity index (χ4v) is 1.17. The molecule has 0 heterocycles. The largest absolute Gasteiger partial charge is 0.392 e. The Balaban J connectivity index is 3.55. The Morgan fingerprint density at radius 3 is 2.27 bits per heavy atom. The molecule has 0 aliphatic carbocycles. The molecule has 3 heteroatoms. The van der Waals surface area contributed by atoms with Crippen LogP contribution in [0, 0.1) is 0 Å². The van der Waals surface area contributed by atoms with Gasteiger partial charge in [0.2, 0.25) is 0 Å². The van der Waals surface area contributed by atoms with Gasteiger partial charge in [-0.05, 0) is 13.3 Å². The minimum atomic E-state index is -0.455. The summed E-state index contributed by atoms with van der Waals surface area (Å²) in [6.45, 7) is 3.88. The molecule has 0 aromatic rings. The molecule has 0 fully saturated rings. The van der Waals surface area contributed by atoms with Crippen molar-refractivity contribution in [2.24, 2.45) is 0 Å². The Bertz CT molecular complexity index is 96.1. The molecule has 1 N–H and O–H groups in total. The quantitative estimate of drug-likeness (QED) is 0.675. The van der Waals surface area contributed by atoms with Crippen LogP contribution >= 0.6 is 23.2 Å². The summed E-state index contributed by atoms with van der Waals surface area (Å²) in [4.78, 5) is 0. The van der Waals surface area contributed by atoms with Gasteiger partial charge in [0.15, 0.2) is 0 Å². The lowest BCUT2D eigenvalue weighted by molar-refractivity contribution is 0.155. The van der Waals surface area contributed by atoms with Crippen LogP contribution in [-0.2, 0) is 0 Å². The van der Waals surface area contributed by atoms with Gasteiger partial charge >= 0.3 is 0 Å². The van der Waals surface area contributed by atoms with Gasteiger partial charge in [-0.3, -0.25) is 0 Å². The lowest BCUT2D eigenvalue weighted by atomic mass is 10.1. The number of rotatable bonds is 5. The van der Waals surface area contributed by atoms with Crippen LogP contribution in [0.1, 0.15) is 33.1 Å². The van der Waals surface area contributed by atoms with E-state index in [0.29, 0.717) is 0 Å². The molecule has 3 atom stereocenters. The number of aliphatic hydroxyl groups excluding tert-OH is 1. The highest BCUT2D eigenvalue weighted by molar-refractivity contribution is 6.30. The zero-order valence-electron chi connectivity index (χ0n) is 7.06. The molecule has 0 aromatic carbocycles. The van der Waals surface area contributed by atoms with Gasteiger partial charge in [0.1, 0.15) is 0 Å². The zero-order valence-corrected chi connectivity index (χ0v) is 8.57. The van der Waals surface area contributed by atoms with Crippen LogP contribution in [0.3, 0.4) is 0 Å². The van der Waals surface area contributed by atoms with Crippen LogP contribution in [-0.4, -0.2) is 22.0 Å². The number of unbranched alkanes of at least 4 members (excludes halogenated alkanes) is 1. The first kappa shape index (κ1) is 11.5. The molecule has 0 saturated heterocycles. The van der Waals surface area contributed by atoms with Gasteiger partial charge in [-0.2, -0.15) is 0 Å². The van der Waals surface area contributed by atoms with Gasteiger partial charge in [0.05, 0.1) is 11.5 Å². The van der Waals surface area contributed by atoms with Gasteiger partial charge in [-0.1, -0.05) is 19.8 Å². The summed E-state index contributed by atoms with van der Waals surface area (Å²) in [5, 5.41) is 8.92. The molecule has 0 saturated carbocycles. The predicted octanol–water partition coefficient (Wildman–Crippen LogP) is 2.77. The summed E-state index contributed by atoms with van der Waals surface area (Å²) in [6.07, 6.45) is 2.39. The van der Waals surface area contributed by atoms with E-state index in [1.165, 1.54) is 0 Å². The molecular weight excluding hydrogens is 183 g/mol. The molecule has 0 amide bonds. The summed E-state index contributed by atoms with van der Waals surface area (Å²) in [5.41, 5.74) is 0. The van der Waals surface area contributed by atoms with E-state index in [0.717, 1.165) is 19.3 Å². The molecule has 0 radical (unpaired) electrons. The normalized spacial score (nSPS) is 19.4. The molecule has 11 heavy (non-hydrogen) atoms. The van der Waals surface area contributed by atoms with E-state index in [-0.39, 0.29) is 10.8 Å². The fraction of sp³-hybridized carbons (Fsp3) is 1.00. The summed E-state index contributed by atoms with van der Waals surface area (Å²) < 4.78 is 0. The van der Waals surface area contributed by atoms with E-state index in [4.69, 9.17) is 23.2 Å². The highest BCUT2D eigenvalue weighted by atomic mass is 35.5. The van der Waals surface area contributed by atoms with Crippen LogP contribution in [0.15, 0.2) is 0 Å². The molecule has 0 rings (SSSR count). The molecule has 3 unspecified atom stereocenters. The summed E-state index contributed by atoms with van der Waals surface area (Å²) in [5.74, 6) is 0. The maximum absolute atomic E-state index is 9.40. The number of alkyl halides is 2. The zero-order chi connectivity index (χ0) is 8.85. The van der Waals surface area contributed by atoms with Gasteiger partial charge in [-0.25, -0.2) is 0 Å². The Kier molecular flexibility index (Phi) is 6.40. The number of halogens is 2. The van der Waals surface area contributed by atoms with Gasteiger partial charge in [0.25, 0.3) is 0 Å². The first-order chi connectivity index (χ1) is 5.09. The van der Waals surface area contributed by atoms with Gasteiger partial charge in [-0.15, -0.1) is 23.2 Å². The van der Waals surface area contributed by atoms with Crippen molar-refractivity contribution in [3.05, 3.63) is 0 Å². The second-order valence-electron chi connectivity index (χ2n) is 2.83. The van der Waals surface area contributed by atoms with Crippen molar-refractivity contribution in [3.8, 4) is 0 Å². The molecule has 1 nitrogen and oxygen atoms in total. The number of aliphatic hydroxyl groups is 1. The SMILES string of the molecule is CCCCC(O)C(Cl)C(C)Cl. The maximum Gasteiger partial charge on any atom is 0.0755 e. The Labute approximate surface area is 78.7 Å². The third-order valence-electron chi connectivity index (χ3n) is 1.66. The Morgan fingerprint density at radius 2 is 1.91 bits per heavy atom. The van der Waals surface area contributed by atoms with Crippen LogP contribution in [0.4, 0.5) is 0 Å². The van der Waals surface area contributed by atoms with Crippen molar-refractivity contribution in [2.75, 3.05) is 0 Å². The standard InChI is InChI=1S/C8H16Cl2O/c1-3-4-5-7(11)8(10)6(2)9/h6-8,11H,3-5H2,1-2H3. The average Bonchev–Trinajstić information content (AvgIpc) is 1.98. The highest BCUT2D eigenvalue weighted by Gasteiger charge is 2.20. The van der Waals surface area contributed by atoms with Crippen LogP contribution in [0.25, 0.3) is 0 Å².